The quantitative estimate of drug-likeness (QED) is 0.377. The standard InChI is InChI=1S/C28H34BrClFN3O4/c1-27(2,3)13-22-28(18-11-20(31)19(30)12-21(18)33-26(28)38)23(15-6-5-7-16(29)10-15)24(34(22)4)25(37)32-9-8-17(36)14-35/h5-7,10-12,17,22-24,35-36H,8-9,13-14H2,1-4H3,(H,32,37)(H,33,38)/t17-,22+,23-,24+,28-/m0/s1. The highest BCUT2D eigenvalue weighted by atomic mass is 79.9. The number of carbonyl (C=O) groups is 2. The van der Waals surface area contributed by atoms with Crippen molar-refractivity contribution in [2.75, 3.05) is 25.5 Å². The van der Waals surface area contributed by atoms with Crippen molar-refractivity contribution in [1.29, 1.82) is 0 Å². The number of fused-ring (bicyclic) bond motifs is 2. The highest BCUT2D eigenvalue weighted by Crippen LogP contribution is 2.59. The van der Waals surface area contributed by atoms with Crippen LogP contribution in [0.15, 0.2) is 40.9 Å². The number of halogens is 3. The molecule has 0 saturated carbocycles. The zero-order valence-electron chi connectivity index (χ0n) is 21.9. The lowest BCUT2D eigenvalue weighted by molar-refractivity contribution is -0.126. The number of nitrogens with zero attached hydrogens (tertiary/aromatic N) is 1. The Balaban J connectivity index is 1.94. The molecule has 0 aliphatic carbocycles. The molecule has 10 heteroatoms. The van der Waals surface area contributed by atoms with Gasteiger partial charge in [-0.25, -0.2) is 4.39 Å². The Morgan fingerprint density at radius 1 is 1.32 bits per heavy atom. The average molecular weight is 611 g/mol. The summed E-state index contributed by atoms with van der Waals surface area (Å²) in [7, 11) is 1.83. The molecule has 2 amide bonds. The van der Waals surface area contributed by atoms with E-state index in [4.69, 9.17) is 16.7 Å². The number of aliphatic hydroxyl groups excluding tert-OH is 2. The zero-order chi connectivity index (χ0) is 28.0. The molecular weight excluding hydrogens is 577 g/mol. The zero-order valence-corrected chi connectivity index (χ0v) is 24.2. The second kappa shape index (κ2) is 10.8. The first kappa shape index (κ1) is 29.0. The number of hydrogen-bond donors (Lipinski definition) is 4. The largest absolute Gasteiger partial charge is 0.394 e. The van der Waals surface area contributed by atoms with E-state index in [1.54, 1.807) is 0 Å². The third-order valence-corrected chi connectivity index (χ3v) is 8.44. The van der Waals surface area contributed by atoms with Gasteiger partial charge in [-0.3, -0.25) is 14.5 Å². The molecule has 0 radical (unpaired) electrons. The molecule has 2 aromatic carbocycles. The van der Waals surface area contributed by atoms with Crippen LogP contribution in [-0.4, -0.2) is 65.3 Å². The fraction of sp³-hybridized carbons (Fsp3) is 0.500. The molecule has 2 aliphatic heterocycles. The van der Waals surface area contributed by atoms with Gasteiger partial charge in [-0.1, -0.05) is 60.4 Å². The van der Waals surface area contributed by atoms with Crippen molar-refractivity contribution in [3.8, 4) is 0 Å². The van der Waals surface area contributed by atoms with E-state index in [2.05, 4.69) is 47.3 Å². The summed E-state index contributed by atoms with van der Waals surface area (Å²) in [4.78, 5) is 30.0. The monoisotopic (exact) mass is 609 g/mol. The SMILES string of the molecule is CN1[C@@H](C(=O)NCC[C@H](O)CO)[C@H](c2cccc(Br)c2)[C@@]2(C(=O)Nc3cc(Cl)c(F)cc32)[C@H]1CC(C)(C)C. The van der Waals surface area contributed by atoms with Crippen molar-refractivity contribution in [2.24, 2.45) is 5.41 Å². The fourth-order valence-corrected chi connectivity index (χ4v) is 6.69. The lowest BCUT2D eigenvalue weighted by atomic mass is 9.62. The number of likely N-dealkylation sites (N-methyl/N-ethyl adjacent to an activating group) is 1. The van der Waals surface area contributed by atoms with Gasteiger partial charge in [-0.15, -0.1) is 0 Å². The Morgan fingerprint density at radius 2 is 2.03 bits per heavy atom. The predicted molar refractivity (Wildman–Crippen MR) is 149 cm³/mol. The number of benzene rings is 2. The highest BCUT2D eigenvalue weighted by molar-refractivity contribution is 9.10. The van der Waals surface area contributed by atoms with Crippen LogP contribution in [0.5, 0.6) is 0 Å². The van der Waals surface area contributed by atoms with Crippen LogP contribution in [0, 0.1) is 11.2 Å². The predicted octanol–water partition coefficient (Wildman–Crippen LogP) is 4.19. The van der Waals surface area contributed by atoms with Crippen molar-refractivity contribution in [3.05, 3.63) is 62.8 Å². The van der Waals surface area contributed by atoms with E-state index < -0.39 is 41.9 Å². The Bertz CT molecular complexity index is 1240. The maximum atomic E-state index is 15.0. The summed E-state index contributed by atoms with van der Waals surface area (Å²) in [5.41, 5.74) is 0.188. The fourth-order valence-electron chi connectivity index (χ4n) is 6.11. The second-order valence-electron chi connectivity index (χ2n) is 11.5. The summed E-state index contributed by atoms with van der Waals surface area (Å²) in [6, 6.07) is 9.05. The van der Waals surface area contributed by atoms with E-state index in [1.165, 1.54) is 12.1 Å². The molecular formula is C28H34BrClFN3O4. The maximum Gasteiger partial charge on any atom is 0.238 e. The number of aliphatic hydroxyl groups is 2. The van der Waals surface area contributed by atoms with Gasteiger partial charge in [0.2, 0.25) is 11.8 Å². The average Bonchev–Trinajstić information content (AvgIpc) is 3.24. The molecule has 4 N–H and O–H groups in total. The van der Waals surface area contributed by atoms with Crippen LogP contribution in [0.2, 0.25) is 5.02 Å². The lowest BCUT2D eigenvalue weighted by Gasteiger charge is -2.39. The minimum absolute atomic E-state index is 0.0874. The van der Waals surface area contributed by atoms with E-state index in [-0.39, 0.29) is 35.2 Å². The van der Waals surface area contributed by atoms with Gasteiger partial charge in [0.1, 0.15) is 11.2 Å². The molecule has 2 aliphatic rings. The minimum Gasteiger partial charge on any atom is -0.394 e. The summed E-state index contributed by atoms with van der Waals surface area (Å²) < 4.78 is 15.8. The van der Waals surface area contributed by atoms with Crippen molar-refractivity contribution >= 4 is 45.0 Å². The summed E-state index contributed by atoms with van der Waals surface area (Å²) in [5.74, 6) is -1.90. The van der Waals surface area contributed by atoms with Crippen molar-refractivity contribution in [2.45, 2.75) is 63.1 Å². The van der Waals surface area contributed by atoms with Gasteiger partial charge in [0.25, 0.3) is 0 Å². The first-order valence-electron chi connectivity index (χ1n) is 12.7. The highest BCUT2D eigenvalue weighted by Gasteiger charge is 2.68. The molecule has 2 heterocycles. The Kier molecular flexibility index (Phi) is 8.27. The van der Waals surface area contributed by atoms with Gasteiger partial charge in [-0.05, 0) is 60.7 Å². The van der Waals surface area contributed by atoms with E-state index >= 15 is 4.39 Å². The molecule has 1 fully saturated rings. The first-order chi connectivity index (χ1) is 17.8. The molecule has 38 heavy (non-hydrogen) atoms. The number of amides is 2. The van der Waals surface area contributed by atoms with Crippen LogP contribution in [0.3, 0.4) is 0 Å². The van der Waals surface area contributed by atoms with E-state index in [1.807, 2.05) is 36.2 Å². The van der Waals surface area contributed by atoms with E-state index in [0.29, 0.717) is 17.7 Å². The molecule has 7 nitrogen and oxygen atoms in total. The summed E-state index contributed by atoms with van der Waals surface area (Å²) >= 11 is 9.64. The summed E-state index contributed by atoms with van der Waals surface area (Å²) in [6.45, 7) is 5.97. The minimum atomic E-state index is -1.28. The molecule has 0 unspecified atom stereocenters. The van der Waals surface area contributed by atoms with Crippen molar-refractivity contribution in [1.82, 2.24) is 10.2 Å². The van der Waals surface area contributed by atoms with E-state index in [0.717, 1.165) is 10.0 Å². The summed E-state index contributed by atoms with van der Waals surface area (Å²) in [5, 5.41) is 24.7. The van der Waals surface area contributed by atoms with Crippen LogP contribution in [0.4, 0.5) is 10.1 Å². The molecule has 5 atom stereocenters. The number of nitrogens with one attached hydrogen (secondary N) is 2. The Labute approximate surface area is 235 Å². The molecule has 2 aromatic rings. The third-order valence-electron chi connectivity index (χ3n) is 7.66. The van der Waals surface area contributed by atoms with Crippen LogP contribution in [-0.2, 0) is 15.0 Å². The van der Waals surface area contributed by atoms with Gasteiger partial charge in [0.05, 0.1) is 23.8 Å². The van der Waals surface area contributed by atoms with Gasteiger partial charge in [0.15, 0.2) is 0 Å². The number of likely N-dealkylation sites (tertiary alicyclic amines) is 1. The molecule has 206 valence electrons. The smallest absolute Gasteiger partial charge is 0.238 e. The first-order valence-corrected chi connectivity index (χ1v) is 13.8. The van der Waals surface area contributed by atoms with Crippen molar-refractivity contribution < 1.29 is 24.2 Å². The molecule has 1 saturated heterocycles. The lowest BCUT2D eigenvalue weighted by Crippen LogP contribution is -2.50. The number of rotatable bonds is 7. The van der Waals surface area contributed by atoms with E-state index in [9.17, 15) is 14.7 Å². The maximum absolute atomic E-state index is 15.0. The van der Waals surface area contributed by atoms with Gasteiger partial charge in [0, 0.05) is 28.7 Å². The van der Waals surface area contributed by atoms with Crippen LogP contribution in [0.25, 0.3) is 0 Å². The van der Waals surface area contributed by atoms with Gasteiger partial charge < -0.3 is 20.8 Å². The topological polar surface area (TPSA) is 102 Å². The Morgan fingerprint density at radius 3 is 2.66 bits per heavy atom. The summed E-state index contributed by atoms with van der Waals surface area (Å²) in [6.07, 6.45) is -0.209. The number of carbonyl (C=O) groups excluding carboxylic acids is 2. The van der Waals surface area contributed by atoms with Crippen LogP contribution < -0.4 is 10.6 Å². The molecule has 0 aromatic heterocycles. The third kappa shape index (κ3) is 5.11. The number of anilines is 1. The Hall–Kier alpha value is -2.04. The van der Waals surface area contributed by atoms with Crippen molar-refractivity contribution in [3.63, 3.8) is 0 Å². The number of hydrogen-bond acceptors (Lipinski definition) is 5. The second-order valence-corrected chi connectivity index (χ2v) is 12.8. The normalized spacial score (nSPS) is 25.9. The molecule has 4 rings (SSSR count). The van der Waals surface area contributed by atoms with Crippen LogP contribution >= 0.6 is 27.5 Å². The van der Waals surface area contributed by atoms with Crippen LogP contribution in [0.1, 0.15) is 50.7 Å². The molecule has 0 bridgehead atoms. The van der Waals surface area contributed by atoms with Gasteiger partial charge >= 0.3 is 0 Å². The molecule has 1 spiro atoms. The van der Waals surface area contributed by atoms with Gasteiger partial charge in [-0.2, -0.15) is 0 Å².